The SMILES string of the molecule is [C-]#CC#CC#COCCC.[C-]#CC#CC#COCCC.[Y].[Y].[Y].[Y].[Y].[Y].[Y].[Y]. The molecular weight excluding hydrogens is 959 g/mol. The van der Waals surface area contributed by atoms with Crippen molar-refractivity contribution in [2.24, 2.45) is 0 Å². The van der Waals surface area contributed by atoms with Crippen molar-refractivity contribution < 1.29 is 271 Å². The zero-order valence-electron chi connectivity index (χ0n) is 16.3. The van der Waals surface area contributed by atoms with Crippen molar-refractivity contribution in [1.29, 1.82) is 0 Å². The quantitative estimate of drug-likeness (QED) is 0.244. The van der Waals surface area contributed by atoms with Crippen LogP contribution in [0.25, 0.3) is 0 Å². The molecule has 0 saturated heterocycles. The Labute approximate surface area is 373 Å². The van der Waals surface area contributed by atoms with Crippen LogP contribution in [0, 0.1) is 72.4 Å². The van der Waals surface area contributed by atoms with E-state index in [1.165, 1.54) is 0 Å². The molecule has 0 aromatic heterocycles. The van der Waals surface area contributed by atoms with E-state index in [0.717, 1.165) is 12.8 Å². The van der Waals surface area contributed by atoms with E-state index >= 15 is 0 Å². The molecule has 8 radical (unpaired) electrons. The molecule has 0 bridgehead atoms. The smallest absolute Gasteiger partial charge is 0.122 e. The molecule has 0 aromatic carbocycles. The summed E-state index contributed by atoms with van der Waals surface area (Å²) in [6, 6.07) is 0. The summed E-state index contributed by atoms with van der Waals surface area (Å²) in [5, 5.41) is 0. The van der Waals surface area contributed by atoms with Gasteiger partial charge in [-0.15, -0.1) is 11.8 Å². The zero-order chi connectivity index (χ0) is 15.3. The molecular formula is C18H14O2Y8-2. The molecule has 0 aliphatic heterocycles. The fourth-order valence-corrected chi connectivity index (χ4v) is 0.554. The van der Waals surface area contributed by atoms with E-state index in [0.29, 0.717) is 13.2 Å². The molecule has 0 aromatic rings. The second-order valence-corrected chi connectivity index (χ2v) is 2.90. The van der Waals surface area contributed by atoms with Crippen molar-refractivity contribution in [3.63, 3.8) is 0 Å². The Hall–Kier alpha value is 5.79. The van der Waals surface area contributed by atoms with Gasteiger partial charge in [0, 0.05) is 274 Å². The van der Waals surface area contributed by atoms with Gasteiger partial charge in [0.15, 0.2) is 0 Å². The molecule has 0 heterocycles. The Bertz CT molecular complexity index is 525. The third kappa shape index (κ3) is 77.0. The van der Waals surface area contributed by atoms with Crippen LogP contribution in [-0.2, 0) is 271 Å². The van der Waals surface area contributed by atoms with Crippen molar-refractivity contribution in [2.75, 3.05) is 13.2 Å². The average Bonchev–Trinajstić information content (AvgIpc) is 2.47. The number of rotatable bonds is 4. The topological polar surface area (TPSA) is 18.5 Å². The van der Waals surface area contributed by atoms with E-state index in [2.05, 4.69) is 47.7 Å². The minimum Gasteiger partial charge on any atom is -0.446 e. The molecule has 0 atom stereocenters. The predicted octanol–water partition coefficient (Wildman–Crippen LogP) is 1.91. The summed E-state index contributed by atoms with van der Waals surface area (Å²) in [6.45, 7) is 5.25. The molecule has 28 heavy (non-hydrogen) atoms. The number of ether oxygens (including phenoxy) is 2. The standard InChI is InChI=1S/2C9H7O.8Y/c2*1-3-5-6-7-9-10-8-4-2;;;;;;;;/h2*4,8H2,2H3;;;;;;;;/q2*-1;;;;;;;;. The van der Waals surface area contributed by atoms with E-state index in [4.69, 9.17) is 22.3 Å². The van der Waals surface area contributed by atoms with Gasteiger partial charge in [0.05, 0.1) is 13.2 Å². The summed E-state index contributed by atoms with van der Waals surface area (Å²) in [5.74, 6) is 17.8. The van der Waals surface area contributed by atoms with Crippen molar-refractivity contribution in [3.05, 3.63) is 12.8 Å². The zero-order valence-corrected chi connectivity index (χ0v) is 39.0. The van der Waals surface area contributed by atoms with Crippen LogP contribution in [0.4, 0.5) is 0 Å². The molecule has 0 unspecified atom stereocenters. The van der Waals surface area contributed by atoms with Gasteiger partial charge in [-0.2, -0.15) is 0 Å². The number of hydrogen-bond donors (Lipinski definition) is 0. The van der Waals surface area contributed by atoms with Crippen LogP contribution in [0.3, 0.4) is 0 Å². The summed E-state index contributed by atoms with van der Waals surface area (Å²) < 4.78 is 9.55. The van der Waals surface area contributed by atoms with Gasteiger partial charge in [0.25, 0.3) is 0 Å². The average molecular weight is 974 g/mol. The van der Waals surface area contributed by atoms with Crippen LogP contribution < -0.4 is 0 Å². The van der Waals surface area contributed by atoms with Crippen LogP contribution in [0.5, 0.6) is 0 Å². The van der Waals surface area contributed by atoms with Gasteiger partial charge in [-0.1, -0.05) is 13.8 Å². The van der Waals surface area contributed by atoms with Gasteiger partial charge in [-0.25, -0.2) is 11.8 Å². The summed E-state index contributed by atoms with van der Waals surface area (Å²) in [7, 11) is 0. The summed E-state index contributed by atoms with van der Waals surface area (Å²) in [5.41, 5.74) is 0. The first-order valence-corrected chi connectivity index (χ1v) is 5.90. The fraction of sp³-hybridized carbons (Fsp3) is 0.333. The Morgan fingerprint density at radius 3 is 1.00 bits per heavy atom. The Morgan fingerprint density at radius 1 is 0.500 bits per heavy atom. The summed E-state index contributed by atoms with van der Waals surface area (Å²) in [6.07, 6.45) is 19.4. The van der Waals surface area contributed by atoms with Crippen molar-refractivity contribution in [2.45, 2.75) is 26.7 Å². The largest absolute Gasteiger partial charge is 0.446 e. The maximum atomic E-state index is 6.39. The molecule has 124 valence electrons. The molecule has 2 nitrogen and oxygen atoms in total. The monoisotopic (exact) mass is 973 g/mol. The van der Waals surface area contributed by atoms with Crippen molar-refractivity contribution in [3.8, 4) is 59.6 Å². The van der Waals surface area contributed by atoms with Crippen LogP contribution in [-0.4, -0.2) is 13.2 Å². The van der Waals surface area contributed by atoms with Gasteiger partial charge >= 0.3 is 0 Å². The van der Waals surface area contributed by atoms with Crippen molar-refractivity contribution >= 4 is 0 Å². The van der Waals surface area contributed by atoms with E-state index in [1.807, 2.05) is 25.7 Å². The van der Waals surface area contributed by atoms with E-state index in [-0.39, 0.29) is 262 Å². The molecule has 0 spiro atoms. The summed E-state index contributed by atoms with van der Waals surface area (Å²) in [4.78, 5) is 0. The molecule has 0 N–H and O–H groups in total. The van der Waals surface area contributed by atoms with Gasteiger partial charge in [-0.05, 0) is 12.8 Å². The first kappa shape index (κ1) is 64.2. The van der Waals surface area contributed by atoms with Crippen LogP contribution >= 0.6 is 0 Å². The summed E-state index contributed by atoms with van der Waals surface area (Å²) >= 11 is 0. The van der Waals surface area contributed by atoms with Crippen LogP contribution in [0.1, 0.15) is 26.7 Å². The molecule has 0 saturated carbocycles. The number of hydrogen-bond acceptors (Lipinski definition) is 2. The second kappa shape index (κ2) is 69.8. The fourth-order valence-electron chi connectivity index (χ4n) is 0.554. The first-order chi connectivity index (χ1) is 9.83. The Morgan fingerprint density at radius 2 is 0.786 bits per heavy atom. The second-order valence-electron chi connectivity index (χ2n) is 2.90. The Kier molecular flexibility index (Phi) is 160. The van der Waals surface area contributed by atoms with Gasteiger partial charge < -0.3 is 22.3 Å². The molecule has 0 rings (SSSR count). The normalized spacial score (nSPS) is 4.00. The van der Waals surface area contributed by atoms with Crippen LogP contribution in [0.2, 0.25) is 0 Å². The van der Waals surface area contributed by atoms with E-state index in [9.17, 15) is 0 Å². The van der Waals surface area contributed by atoms with Crippen molar-refractivity contribution in [1.82, 2.24) is 0 Å². The predicted molar refractivity (Wildman–Crippen MR) is 77.9 cm³/mol. The molecule has 10 heteroatoms. The third-order valence-electron chi connectivity index (χ3n) is 1.23. The van der Waals surface area contributed by atoms with Gasteiger partial charge in [0.1, 0.15) is 12.2 Å². The van der Waals surface area contributed by atoms with Gasteiger partial charge in [-0.3, -0.25) is 11.8 Å². The van der Waals surface area contributed by atoms with E-state index < -0.39 is 0 Å². The Balaban J connectivity index is -0.0000000225. The minimum atomic E-state index is 0. The third-order valence-corrected chi connectivity index (χ3v) is 1.23. The maximum Gasteiger partial charge on any atom is 0.122 e. The molecule has 0 fully saturated rings. The molecule has 0 aliphatic carbocycles. The minimum absolute atomic E-state index is 0. The molecule has 0 amide bonds. The van der Waals surface area contributed by atoms with Crippen LogP contribution in [0.15, 0.2) is 0 Å². The van der Waals surface area contributed by atoms with Gasteiger partial charge in [0.2, 0.25) is 0 Å². The van der Waals surface area contributed by atoms with E-state index in [1.54, 1.807) is 0 Å². The maximum absolute atomic E-state index is 6.39. The molecule has 0 aliphatic rings. The first-order valence-electron chi connectivity index (χ1n) is 5.90.